The summed E-state index contributed by atoms with van der Waals surface area (Å²) in [6.07, 6.45) is 5.73. The molecule has 0 aromatic rings. The Bertz CT molecular complexity index is 322. The van der Waals surface area contributed by atoms with Gasteiger partial charge in [-0.2, -0.15) is 13.2 Å². The predicted molar refractivity (Wildman–Crippen MR) is 70.6 cm³/mol. The van der Waals surface area contributed by atoms with Crippen molar-refractivity contribution in [3.8, 4) is 0 Å². The van der Waals surface area contributed by atoms with Gasteiger partial charge in [0.25, 0.3) is 0 Å². The van der Waals surface area contributed by atoms with E-state index in [0.29, 0.717) is 12.8 Å². The Balaban J connectivity index is 2.10. The quantitative estimate of drug-likeness (QED) is 0.734. The Morgan fingerprint density at radius 2 is 1.79 bits per heavy atom. The van der Waals surface area contributed by atoms with Gasteiger partial charge in [0, 0.05) is 6.04 Å². The van der Waals surface area contributed by atoms with Gasteiger partial charge < -0.3 is 5.73 Å². The molecule has 19 heavy (non-hydrogen) atoms. The molecule has 0 aromatic carbocycles. The second-order valence-corrected chi connectivity index (χ2v) is 6.00. The SMILES string of the molecule is NC(C1=CCCCCC1)C1CCCCC1C(F)(F)F. The predicted octanol–water partition coefficient (Wildman–Crippen LogP) is 4.57. The molecule has 0 spiro atoms. The number of halogens is 3. The first-order chi connectivity index (χ1) is 9.00. The Morgan fingerprint density at radius 3 is 2.53 bits per heavy atom. The van der Waals surface area contributed by atoms with Crippen molar-refractivity contribution in [1.82, 2.24) is 0 Å². The molecule has 2 aliphatic rings. The van der Waals surface area contributed by atoms with Crippen molar-refractivity contribution < 1.29 is 13.2 Å². The van der Waals surface area contributed by atoms with Gasteiger partial charge in [0.05, 0.1) is 5.92 Å². The lowest BCUT2D eigenvalue weighted by molar-refractivity contribution is -0.197. The normalized spacial score (nSPS) is 31.5. The molecule has 2 rings (SSSR count). The summed E-state index contributed by atoms with van der Waals surface area (Å²) < 4.78 is 39.4. The van der Waals surface area contributed by atoms with E-state index in [9.17, 15) is 13.2 Å². The average molecular weight is 275 g/mol. The Kier molecular flexibility index (Phi) is 4.93. The summed E-state index contributed by atoms with van der Waals surface area (Å²) in [7, 11) is 0. The Labute approximate surface area is 113 Å². The first-order valence-corrected chi connectivity index (χ1v) is 7.51. The van der Waals surface area contributed by atoms with Gasteiger partial charge in [0.1, 0.15) is 0 Å². The monoisotopic (exact) mass is 275 g/mol. The maximum Gasteiger partial charge on any atom is 0.392 e. The van der Waals surface area contributed by atoms with Crippen LogP contribution in [0.25, 0.3) is 0 Å². The summed E-state index contributed by atoms with van der Waals surface area (Å²) in [6, 6.07) is -0.384. The van der Waals surface area contributed by atoms with Crippen molar-refractivity contribution >= 4 is 0 Å². The van der Waals surface area contributed by atoms with E-state index in [2.05, 4.69) is 6.08 Å². The molecule has 0 saturated heterocycles. The first-order valence-electron chi connectivity index (χ1n) is 7.51. The van der Waals surface area contributed by atoms with Crippen LogP contribution in [-0.2, 0) is 0 Å². The molecule has 1 fully saturated rings. The largest absolute Gasteiger partial charge is 0.392 e. The summed E-state index contributed by atoms with van der Waals surface area (Å²) in [5.41, 5.74) is 7.29. The third kappa shape index (κ3) is 3.74. The van der Waals surface area contributed by atoms with Crippen LogP contribution < -0.4 is 5.73 Å². The van der Waals surface area contributed by atoms with E-state index in [1.54, 1.807) is 0 Å². The number of nitrogens with two attached hydrogens (primary N) is 1. The maximum absolute atomic E-state index is 13.1. The second-order valence-electron chi connectivity index (χ2n) is 6.00. The van der Waals surface area contributed by atoms with Gasteiger partial charge in [-0.15, -0.1) is 0 Å². The van der Waals surface area contributed by atoms with Crippen LogP contribution in [0.2, 0.25) is 0 Å². The molecule has 2 aliphatic carbocycles. The molecule has 4 heteroatoms. The molecule has 0 amide bonds. The number of hydrogen-bond acceptors (Lipinski definition) is 1. The first kappa shape index (κ1) is 14.9. The standard InChI is InChI=1S/C15H24F3N/c16-15(17,18)13-10-6-5-9-12(13)14(19)11-7-3-1-2-4-8-11/h7,12-14H,1-6,8-10,19H2. The molecule has 2 N–H and O–H groups in total. The lowest BCUT2D eigenvalue weighted by Crippen LogP contribution is -2.44. The van der Waals surface area contributed by atoms with Crippen LogP contribution in [0, 0.1) is 11.8 Å². The second kappa shape index (κ2) is 6.29. The fourth-order valence-corrected chi connectivity index (χ4v) is 3.61. The topological polar surface area (TPSA) is 26.0 Å². The van der Waals surface area contributed by atoms with Crippen LogP contribution in [0.3, 0.4) is 0 Å². The van der Waals surface area contributed by atoms with Gasteiger partial charge in [0.15, 0.2) is 0 Å². The molecule has 3 unspecified atom stereocenters. The fourth-order valence-electron chi connectivity index (χ4n) is 3.61. The van der Waals surface area contributed by atoms with Crippen molar-refractivity contribution in [3.05, 3.63) is 11.6 Å². The van der Waals surface area contributed by atoms with E-state index in [1.807, 2.05) is 0 Å². The Morgan fingerprint density at radius 1 is 1.05 bits per heavy atom. The van der Waals surface area contributed by atoms with Crippen molar-refractivity contribution in [2.45, 2.75) is 70.0 Å². The highest BCUT2D eigenvalue weighted by Crippen LogP contribution is 2.44. The number of hydrogen-bond donors (Lipinski definition) is 1. The van der Waals surface area contributed by atoms with Crippen molar-refractivity contribution in [2.24, 2.45) is 17.6 Å². The van der Waals surface area contributed by atoms with E-state index >= 15 is 0 Å². The number of allylic oxidation sites excluding steroid dienone is 1. The number of alkyl halides is 3. The summed E-state index contributed by atoms with van der Waals surface area (Å²) in [6.45, 7) is 0. The van der Waals surface area contributed by atoms with Crippen molar-refractivity contribution in [1.29, 1.82) is 0 Å². The molecule has 0 aliphatic heterocycles. The molecule has 0 aromatic heterocycles. The van der Waals surface area contributed by atoms with Crippen LogP contribution in [-0.4, -0.2) is 12.2 Å². The Hall–Kier alpha value is -0.510. The zero-order valence-corrected chi connectivity index (χ0v) is 11.4. The fraction of sp³-hybridized carbons (Fsp3) is 0.867. The maximum atomic E-state index is 13.1. The minimum Gasteiger partial charge on any atom is -0.324 e. The molecular formula is C15H24F3N. The molecule has 1 saturated carbocycles. The highest BCUT2D eigenvalue weighted by atomic mass is 19.4. The van der Waals surface area contributed by atoms with Gasteiger partial charge in [-0.05, 0) is 44.4 Å². The van der Waals surface area contributed by atoms with Crippen LogP contribution in [0.5, 0.6) is 0 Å². The summed E-state index contributed by atoms with van der Waals surface area (Å²) in [4.78, 5) is 0. The van der Waals surface area contributed by atoms with Crippen molar-refractivity contribution in [3.63, 3.8) is 0 Å². The van der Waals surface area contributed by atoms with E-state index < -0.39 is 18.0 Å². The molecule has 0 bridgehead atoms. The minimum atomic E-state index is -4.09. The zero-order chi connectivity index (χ0) is 13.9. The van der Waals surface area contributed by atoms with Crippen LogP contribution in [0.4, 0.5) is 13.2 Å². The summed E-state index contributed by atoms with van der Waals surface area (Å²) in [5.74, 6) is -1.60. The smallest absolute Gasteiger partial charge is 0.324 e. The highest BCUT2D eigenvalue weighted by Gasteiger charge is 2.47. The van der Waals surface area contributed by atoms with Gasteiger partial charge in [-0.25, -0.2) is 0 Å². The highest BCUT2D eigenvalue weighted by molar-refractivity contribution is 5.14. The van der Waals surface area contributed by atoms with Crippen LogP contribution in [0.1, 0.15) is 57.8 Å². The molecule has 0 heterocycles. The molecule has 1 nitrogen and oxygen atoms in total. The third-order valence-corrected chi connectivity index (χ3v) is 4.71. The van der Waals surface area contributed by atoms with Crippen LogP contribution in [0.15, 0.2) is 11.6 Å². The lowest BCUT2D eigenvalue weighted by Gasteiger charge is -2.37. The summed E-state index contributed by atoms with van der Waals surface area (Å²) in [5, 5.41) is 0. The van der Waals surface area contributed by atoms with Crippen molar-refractivity contribution in [2.75, 3.05) is 0 Å². The third-order valence-electron chi connectivity index (χ3n) is 4.71. The van der Waals surface area contributed by atoms with Crippen LogP contribution >= 0.6 is 0 Å². The van der Waals surface area contributed by atoms with Gasteiger partial charge in [-0.1, -0.05) is 30.9 Å². The zero-order valence-electron chi connectivity index (χ0n) is 11.4. The molecule has 110 valence electrons. The minimum absolute atomic E-state index is 0.259. The van der Waals surface area contributed by atoms with E-state index in [0.717, 1.165) is 37.7 Å². The summed E-state index contributed by atoms with van der Waals surface area (Å²) >= 11 is 0. The van der Waals surface area contributed by atoms with E-state index in [1.165, 1.54) is 6.42 Å². The van der Waals surface area contributed by atoms with E-state index in [4.69, 9.17) is 5.73 Å². The lowest BCUT2D eigenvalue weighted by atomic mass is 9.72. The molecule has 3 atom stereocenters. The van der Waals surface area contributed by atoms with Gasteiger partial charge in [0.2, 0.25) is 0 Å². The van der Waals surface area contributed by atoms with Gasteiger partial charge in [-0.3, -0.25) is 0 Å². The number of rotatable bonds is 2. The van der Waals surface area contributed by atoms with E-state index in [-0.39, 0.29) is 12.5 Å². The average Bonchev–Trinajstić information content (AvgIpc) is 2.66. The molecule has 0 radical (unpaired) electrons. The molecular weight excluding hydrogens is 251 g/mol. The van der Waals surface area contributed by atoms with Gasteiger partial charge >= 0.3 is 6.18 Å².